The Labute approximate surface area is 129 Å². The fourth-order valence-electron chi connectivity index (χ4n) is 2.50. The molecule has 0 saturated carbocycles. The van der Waals surface area contributed by atoms with E-state index in [0.717, 1.165) is 12.1 Å². The lowest BCUT2D eigenvalue weighted by Gasteiger charge is -2.03. The van der Waals surface area contributed by atoms with E-state index in [2.05, 4.69) is 11.9 Å². The van der Waals surface area contributed by atoms with Crippen molar-refractivity contribution in [3.8, 4) is 0 Å². The number of nitrogens with zero attached hydrogens (tertiary/aromatic N) is 1. The van der Waals surface area contributed by atoms with Gasteiger partial charge in [0.15, 0.2) is 0 Å². The molecule has 0 fully saturated rings. The van der Waals surface area contributed by atoms with E-state index in [4.69, 9.17) is 0 Å². The van der Waals surface area contributed by atoms with Gasteiger partial charge in [-0.15, -0.1) is 12.4 Å². The van der Waals surface area contributed by atoms with Crippen molar-refractivity contribution in [3.05, 3.63) is 22.4 Å². The van der Waals surface area contributed by atoms with Gasteiger partial charge in [0.1, 0.15) is 0 Å². The van der Waals surface area contributed by atoms with Crippen LogP contribution in [0.3, 0.4) is 0 Å². The van der Waals surface area contributed by atoms with Gasteiger partial charge in [0.25, 0.3) is 0 Å². The number of unbranched alkanes of at least 4 members (excludes halogenated alkanes) is 9. The Kier molecular flexibility index (Phi) is 11.6. The highest BCUT2D eigenvalue weighted by Gasteiger charge is 2.01. The van der Waals surface area contributed by atoms with Crippen LogP contribution < -0.4 is 5.69 Å². The third-order valence-electron chi connectivity index (χ3n) is 3.88. The Morgan fingerprint density at radius 3 is 1.90 bits per heavy atom. The highest BCUT2D eigenvalue weighted by Crippen LogP contribution is 2.11. The smallest absolute Gasteiger partial charge is 0.312 e. The van der Waals surface area contributed by atoms with E-state index < -0.39 is 0 Å². The van der Waals surface area contributed by atoms with Gasteiger partial charge in [0, 0.05) is 18.9 Å². The third kappa shape index (κ3) is 7.78. The van der Waals surface area contributed by atoms with Gasteiger partial charge in [0.05, 0.1) is 0 Å². The highest BCUT2D eigenvalue weighted by atomic mass is 35.5. The van der Waals surface area contributed by atoms with Crippen LogP contribution in [0, 0.1) is 0 Å². The number of H-pyrrole nitrogens is 1. The summed E-state index contributed by atoms with van der Waals surface area (Å²) in [7, 11) is 1.84. The average molecular weight is 303 g/mol. The molecule has 3 nitrogen and oxygen atoms in total. The molecule has 0 aliphatic heterocycles. The molecule has 0 amide bonds. The number of nitrogens with one attached hydrogen (secondary N) is 1. The van der Waals surface area contributed by atoms with Crippen molar-refractivity contribution in [2.24, 2.45) is 7.05 Å². The van der Waals surface area contributed by atoms with Crippen molar-refractivity contribution in [3.63, 3.8) is 0 Å². The minimum Gasteiger partial charge on any atom is -0.312 e. The van der Waals surface area contributed by atoms with E-state index in [1.165, 1.54) is 64.2 Å². The number of rotatable bonds is 11. The number of aryl methyl sites for hydroxylation is 1. The summed E-state index contributed by atoms with van der Waals surface area (Å²) < 4.78 is 1.72. The molecule has 1 heterocycles. The number of halogens is 1. The van der Waals surface area contributed by atoms with Gasteiger partial charge in [-0.1, -0.05) is 64.7 Å². The lowest BCUT2D eigenvalue weighted by molar-refractivity contribution is 0.553. The summed E-state index contributed by atoms with van der Waals surface area (Å²) in [5.74, 6) is 0. The van der Waals surface area contributed by atoms with Crippen LogP contribution in [0.15, 0.2) is 11.0 Å². The monoisotopic (exact) mass is 302 g/mol. The molecule has 118 valence electrons. The molecule has 0 atom stereocenters. The molecule has 0 aliphatic carbocycles. The van der Waals surface area contributed by atoms with E-state index in [0.29, 0.717) is 0 Å². The summed E-state index contributed by atoms with van der Waals surface area (Å²) in [5, 5.41) is 0. The number of hydrogen-bond donors (Lipinski definition) is 1. The van der Waals surface area contributed by atoms with Gasteiger partial charge >= 0.3 is 5.69 Å². The first kappa shape index (κ1) is 19.3. The van der Waals surface area contributed by atoms with Crippen LogP contribution in [-0.2, 0) is 13.5 Å². The van der Waals surface area contributed by atoms with Crippen molar-refractivity contribution in [1.29, 1.82) is 0 Å². The normalized spacial score (nSPS) is 10.5. The zero-order valence-electron chi connectivity index (χ0n) is 13.1. The molecular weight excluding hydrogens is 272 g/mol. The standard InChI is InChI=1S/C16H30N2O.ClH/c1-3-4-5-6-7-8-9-10-11-12-13-15-14-17-16(19)18(15)2;/h14H,3-13H2,1-2H3,(H,17,19);1H. The predicted octanol–water partition coefficient (Wildman–Crippen LogP) is 4.60. The second kappa shape index (κ2) is 12.1. The molecule has 4 heteroatoms. The number of aromatic nitrogens is 2. The minimum absolute atomic E-state index is 0. The van der Waals surface area contributed by atoms with Crippen molar-refractivity contribution in [2.45, 2.75) is 77.6 Å². The van der Waals surface area contributed by atoms with Crippen LogP contribution in [0.4, 0.5) is 0 Å². The zero-order chi connectivity index (χ0) is 13.9. The van der Waals surface area contributed by atoms with Crippen molar-refractivity contribution in [2.75, 3.05) is 0 Å². The molecule has 0 aromatic carbocycles. The van der Waals surface area contributed by atoms with Crippen LogP contribution in [0.5, 0.6) is 0 Å². The van der Waals surface area contributed by atoms with E-state index in [9.17, 15) is 4.79 Å². The average Bonchev–Trinajstić information content (AvgIpc) is 2.73. The maximum atomic E-state index is 11.2. The Morgan fingerprint density at radius 2 is 1.45 bits per heavy atom. The highest BCUT2D eigenvalue weighted by molar-refractivity contribution is 5.85. The SMILES string of the molecule is CCCCCCCCCCCCc1c[nH]c(=O)n1C.Cl. The van der Waals surface area contributed by atoms with Crippen molar-refractivity contribution >= 4 is 12.4 Å². The largest absolute Gasteiger partial charge is 0.325 e. The van der Waals surface area contributed by atoms with Gasteiger partial charge in [-0.05, 0) is 12.8 Å². The van der Waals surface area contributed by atoms with Gasteiger partial charge in [-0.2, -0.15) is 0 Å². The quantitative estimate of drug-likeness (QED) is 0.596. The molecule has 0 aliphatic rings. The number of aromatic amines is 1. The van der Waals surface area contributed by atoms with Crippen LogP contribution in [0.1, 0.15) is 76.8 Å². The molecule has 0 radical (unpaired) electrons. The van der Waals surface area contributed by atoms with Crippen LogP contribution in [0.25, 0.3) is 0 Å². The van der Waals surface area contributed by atoms with Crippen LogP contribution in [0.2, 0.25) is 0 Å². The summed E-state index contributed by atoms with van der Waals surface area (Å²) >= 11 is 0. The molecule has 20 heavy (non-hydrogen) atoms. The van der Waals surface area contributed by atoms with Crippen LogP contribution in [-0.4, -0.2) is 9.55 Å². The Bertz CT molecular complexity index is 384. The maximum Gasteiger partial charge on any atom is 0.325 e. The van der Waals surface area contributed by atoms with E-state index >= 15 is 0 Å². The summed E-state index contributed by atoms with van der Waals surface area (Å²) in [6.45, 7) is 2.26. The Morgan fingerprint density at radius 1 is 0.950 bits per heavy atom. The Balaban J connectivity index is 0.00000361. The van der Waals surface area contributed by atoms with Gasteiger partial charge in [-0.3, -0.25) is 4.57 Å². The summed E-state index contributed by atoms with van der Waals surface area (Å²) in [6.07, 6.45) is 16.4. The molecule has 1 rings (SSSR count). The Hall–Kier alpha value is -0.700. The number of imidazole rings is 1. The van der Waals surface area contributed by atoms with E-state index in [-0.39, 0.29) is 18.1 Å². The van der Waals surface area contributed by atoms with Crippen LogP contribution >= 0.6 is 12.4 Å². The molecule has 1 aromatic heterocycles. The van der Waals surface area contributed by atoms with Gasteiger partial charge in [0.2, 0.25) is 0 Å². The molecular formula is C16H31ClN2O. The lowest BCUT2D eigenvalue weighted by atomic mass is 10.1. The summed E-state index contributed by atoms with van der Waals surface area (Å²) in [4.78, 5) is 14.0. The molecule has 1 N–H and O–H groups in total. The van der Waals surface area contributed by atoms with Crippen molar-refractivity contribution < 1.29 is 0 Å². The zero-order valence-corrected chi connectivity index (χ0v) is 13.9. The first-order valence-electron chi connectivity index (χ1n) is 7.99. The van der Waals surface area contributed by atoms with E-state index in [1.54, 1.807) is 4.57 Å². The predicted molar refractivity (Wildman–Crippen MR) is 88.8 cm³/mol. The first-order valence-corrected chi connectivity index (χ1v) is 7.99. The minimum atomic E-state index is 0. The fraction of sp³-hybridized carbons (Fsp3) is 0.812. The second-order valence-electron chi connectivity index (χ2n) is 5.58. The lowest BCUT2D eigenvalue weighted by Crippen LogP contribution is -2.14. The van der Waals surface area contributed by atoms with E-state index in [1.807, 2.05) is 13.2 Å². The summed E-state index contributed by atoms with van der Waals surface area (Å²) in [5.41, 5.74) is 1.13. The molecule has 0 spiro atoms. The van der Waals surface area contributed by atoms with Gasteiger partial charge < -0.3 is 4.98 Å². The second-order valence-corrected chi connectivity index (χ2v) is 5.58. The number of hydrogen-bond acceptors (Lipinski definition) is 1. The molecule has 1 aromatic rings. The topological polar surface area (TPSA) is 37.8 Å². The summed E-state index contributed by atoms with van der Waals surface area (Å²) in [6, 6.07) is 0. The molecule has 0 saturated heterocycles. The van der Waals surface area contributed by atoms with Gasteiger partial charge in [-0.25, -0.2) is 4.79 Å². The molecule has 0 bridgehead atoms. The fourth-order valence-corrected chi connectivity index (χ4v) is 2.50. The maximum absolute atomic E-state index is 11.2. The first-order chi connectivity index (χ1) is 9.25. The third-order valence-corrected chi connectivity index (χ3v) is 3.88. The molecule has 0 unspecified atom stereocenters. The van der Waals surface area contributed by atoms with Crippen molar-refractivity contribution in [1.82, 2.24) is 9.55 Å².